The molecule has 0 aromatic heterocycles. The lowest BCUT2D eigenvalue weighted by Crippen LogP contribution is -2.47. The number of ether oxygens (including phenoxy) is 1. The molecule has 2 amide bonds. The largest absolute Gasteiger partial charge is 0.377 e. The number of nitrogens with zero attached hydrogens (tertiary/aromatic N) is 2. The van der Waals surface area contributed by atoms with Gasteiger partial charge in [0.15, 0.2) is 0 Å². The summed E-state index contributed by atoms with van der Waals surface area (Å²) >= 11 is 0. The summed E-state index contributed by atoms with van der Waals surface area (Å²) in [6.45, 7) is 4.94. The lowest BCUT2D eigenvalue weighted by Gasteiger charge is -2.25. The minimum atomic E-state index is -0.813. The highest BCUT2D eigenvalue weighted by atomic mass is 16.5. The number of hydrogen-bond donors (Lipinski definition) is 2. The maximum Gasteiger partial charge on any atom is 0.240 e. The van der Waals surface area contributed by atoms with E-state index in [1.807, 2.05) is 0 Å². The lowest BCUT2D eigenvalue weighted by molar-refractivity contribution is -0.134. The lowest BCUT2D eigenvalue weighted by atomic mass is 10.2. The fraction of sp³-hybridized carbons (Fsp3) is 0.857. The van der Waals surface area contributed by atoms with E-state index >= 15 is 0 Å². The van der Waals surface area contributed by atoms with Gasteiger partial charge in [-0.05, 0) is 25.8 Å². The molecule has 2 aliphatic heterocycles. The van der Waals surface area contributed by atoms with Crippen molar-refractivity contribution in [2.24, 2.45) is 11.5 Å². The molecule has 0 aromatic rings. The van der Waals surface area contributed by atoms with Gasteiger partial charge in [-0.25, -0.2) is 0 Å². The first-order chi connectivity index (χ1) is 10.1. The third-order valence-electron chi connectivity index (χ3n) is 4.12. The number of primary amides is 1. The molecule has 2 heterocycles. The standard InChI is InChI=1S/C14H26N4O3/c15-12(9-13(16)19)14(20)18-5-2-4-17(6-7-18)10-11-3-1-8-21-11/h11-12H,1-10,15H2,(H2,16,19). The van der Waals surface area contributed by atoms with E-state index in [1.54, 1.807) is 4.90 Å². The minimum Gasteiger partial charge on any atom is -0.377 e. The Morgan fingerprint density at radius 2 is 2.00 bits per heavy atom. The Morgan fingerprint density at radius 3 is 2.67 bits per heavy atom. The van der Waals surface area contributed by atoms with Gasteiger partial charge >= 0.3 is 0 Å². The molecule has 2 saturated heterocycles. The van der Waals surface area contributed by atoms with Crippen molar-refractivity contribution in [2.45, 2.75) is 37.8 Å². The van der Waals surface area contributed by atoms with Gasteiger partial charge in [0.05, 0.1) is 18.6 Å². The van der Waals surface area contributed by atoms with E-state index in [0.29, 0.717) is 19.2 Å². The van der Waals surface area contributed by atoms with Crippen LogP contribution in [0.5, 0.6) is 0 Å². The topological polar surface area (TPSA) is 102 Å². The van der Waals surface area contributed by atoms with E-state index in [-0.39, 0.29) is 12.3 Å². The zero-order chi connectivity index (χ0) is 15.2. The van der Waals surface area contributed by atoms with Gasteiger partial charge in [0.2, 0.25) is 11.8 Å². The van der Waals surface area contributed by atoms with Gasteiger partial charge in [-0.1, -0.05) is 0 Å². The zero-order valence-corrected chi connectivity index (χ0v) is 12.5. The van der Waals surface area contributed by atoms with Crippen molar-refractivity contribution in [3.8, 4) is 0 Å². The summed E-state index contributed by atoms with van der Waals surface area (Å²) in [5, 5.41) is 0. The Balaban J connectivity index is 1.79. The summed E-state index contributed by atoms with van der Waals surface area (Å²) in [4.78, 5) is 27.2. The molecule has 0 saturated carbocycles. The number of hydrogen-bond acceptors (Lipinski definition) is 5. The zero-order valence-electron chi connectivity index (χ0n) is 12.5. The summed E-state index contributed by atoms with van der Waals surface area (Å²) in [6, 6.07) is -0.813. The SMILES string of the molecule is NC(=O)CC(N)C(=O)N1CCCN(CC2CCCO2)CC1. The highest BCUT2D eigenvalue weighted by Crippen LogP contribution is 2.15. The molecule has 7 heteroatoms. The predicted octanol–water partition coefficient (Wildman–Crippen LogP) is -1.10. The Bertz CT molecular complexity index is 371. The molecule has 21 heavy (non-hydrogen) atoms. The molecular formula is C14H26N4O3. The van der Waals surface area contributed by atoms with E-state index in [0.717, 1.165) is 45.5 Å². The molecule has 0 radical (unpaired) electrons. The van der Waals surface area contributed by atoms with E-state index < -0.39 is 11.9 Å². The monoisotopic (exact) mass is 298 g/mol. The van der Waals surface area contributed by atoms with Crippen LogP contribution in [-0.4, -0.2) is 73.1 Å². The van der Waals surface area contributed by atoms with Crippen LogP contribution in [0.15, 0.2) is 0 Å². The number of carbonyl (C=O) groups is 2. The Kier molecular flexibility index (Phi) is 5.96. The quantitative estimate of drug-likeness (QED) is 0.671. The molecule has 0 bridgehead atoms. The predicted molar refractivity (Wildman–Crippen MR) is 78.4 cm³/mol. The first-order valence-electron chi connectivity index (χ1n) is 7.73. The van der Waals surface area contributed by atoms with Crippen molar-refractivity contribution in [3.63, 3.8) is 0 Å². The summed E-state index contributed by atoms with van der Waals surface area (Å²) in [7, 11) is 0. The Labute approximate surface area is 125 Å². The van der Waals surface area contributed by atoms with Crippen LogP contribution in [0, 0.1) is 0 Å². The maximum absolute atomic E-state index is 12.2. The average molecular weight is 298 g/mol. The Morgan fingerprint density at radius 1 is 1.19 bits per heavy atom. The minimum absolute atomic E-state index is 0.0883. The average Bonchev–Trinajstić information content (AvgIpc) is 2.82. The van der Waals surface area contributed by atoms with Crippen LogP contribution in [0.4, 0.5) is 0 Å². The van der Waals surface area contributed by atoms with Crippen LogP contribution in [0.25, 0.3) is 0 Å². The third-order valence-corrected chi connectivity index (χ3v) is 4.12. The molecular weight excluding hydrogens is 272 g/mol. The highest BCUT2D eigenvalue weighted by molar-refractivity contribution is 5.87. The van der Waals surface area contributed by atoms with Gasteiger partial charge in [-0.3, -0.25) is 14.5 Å². The van der Waals surface area contributed by atoms with Crippen molar-refractivity contribution in [2.75, 3.05) is 39.3 Å². The molecule has 2 aliphatic rings. The van der Waals surface area contributed by atoms with Gasteiger partial charge in [0, 0.05) is 32.8 Å². The fourth-order valence-corrected chi connectivity index (χ4v) is 2.99. The molecule has 0 aliphatic carbocycles. The van der Waals surface area contributed by atoms with Gasteiger partial charge in [-0.15, -0.1) is 0 Å². The smallest absolute Gasteiger partial charge is 0.240 e. The first kappa shape index (κ1) is 16.2. The second kappa shape index (κ2) is 7.72. The van der Waals surface area contributed by atoms with Crippen molar-refractivity contribution >= 4 is 11.8 Å². The van der Waals surface area contributed by atoms with Crippen LogP contribution >= 0.6 is 0 Å². The van der Waals surface area contributed by atoms with E-state index in [1.165, 1.54) is 0 Å². The number of amides is 2. The molecule has 2 rings (SSSR count). The van der Waals surface area contributed by atoms with Crippen molar-refractivity contribution < 1.29 is 14.3 Å². The number of carbonyl (C=O) groups excluding carboxylic acids is 2. The molecule has 0 spiro atoms. The molecule has 4 N–H and O–H groups in total. The van der Waals surface area contributed by atoms with E-state index in [9.17, 15) is 9.59 Å². The first-order valence-corrected chi connectivity index (χ1v) is 7.73. The summed E-state index contributed by atoms with van der Waals surface area (Å²) in [5.41, 5.74) is 10.8. The van der Waals surface area contributed by atoms with Crippen LogP contribution in [0.1, 0.15) is 25.7 Å². The summed E-state index contributed by atoms with van der Waals surface area (Å²) in [5.74, 6) is -0.710. The van der Waals surface area contributed by atoms with Gasteiger partial charge in [-0.2, -0.15) is 0 Å². The van der Waals surface area contributed by atoms with Crippen molar-refractivity contribution in [1.29, 1.82) is 0 Å². The molecule has 2 unspecified atom stereocenters. The molecule has 120 valence electrons. The van der Waals surface area contributed by atoms with Crippen molar-refractivity contribution in [3.05, 3.63) is 0 Å². The second-order valence-corrected chi connectivity index (χ2v) is 5.89. The van der Waals surface area contributed by atoms with Crippen LogP contribution in [0.3, 0.4) is 0 Å². The second-order valence-electron chi connectivity index (χ2n) is 5.89. The van der Waals surface area contributed by atoms with Crippen LogP contribution in [-0.2, 0) is 14.3 Å². The number of nitrogens with two attached hydrogens (primary N) is 2. The van der Waals surface area contributed by atoms with Gasteiger partial charge in [0.1, 0.15) is 0 Å². The van der Waals surface area contributed by atoms with Gasteiger partial charge < -0.3 is 21.1 Å². The molecule has 2 atom stereocenters. The fourth-order valence-electron chi connectivity index (χ4n) is 2.99. The van der Waals surface area contributed by atoms with Crippen molar-refractivity contribution in [1.82, 2.24) is 9.80 Å². The van der Waals surface area contributed by atoms with E-state index in [4.69, 9.17) is 16.2 Å². The number of rotatable bonds is 5. The third kappa shape index (κ3) is 4.94. The van der Waals surface area contributed by atoms with E-state index in [2.05, 4.69) is 4.90 Å². The molecule has 2 fully saturated rings. The van der Waals surface area contributed by atoms with Crippen LogP contribution in [0.2, 0.25) is 0 Å². The Hall–Kier alpha value is -1.18. The maximum atomic E-state index is 12.2. The highest BCUT2D eigenvalue weighted by Gasteiger charge is 2.26. The summed E-state index contributed by atoms with van der Waals surface area (Å²) < 4.78 is 5.66. The van der Waals surface area contributed by atoms with Crippen LogP contribution < -0.4 is 11.5 Å². The van der Waals surface area contributed by atoms with Gasteiger partial charge in [0.25, 0.3) is 0 Å². The molecule has 0 aromatic carbocycles. The normalized spacial score (nSPS) is 25.6. The summed E-state index contributed by atoms with van der Waals surface area (Å²) in [6.07, 6.45) is 3.44. The molecule has 7 nitrogen and oxygen atoms in total.